The molecule has 1 unspecified atom stereocenters. The molecule has 2 rings (SSSR count). The van der Waals surface area contributed by atoms with E-state index in [4.69, 9.17) is 4.74 Å². The molecule has 0 spiro atoms. The molecule has 2 nitrogen and oxygen atoms in total. The number of rotatable bonds is 6. The first-order valence-electron chi connectivity index (χ1n) is 6.43. The average Bonchev–Trinajstić information content (AvgIpc) is 2.45. The maximum Gasteiger partial charge on any atom is 0.119 e. The fourth-order valence-electron chi connectivity index (χ4n) is 1.90. The molecule has 0 heterocycles. The van der Waals surface area contributed by atoms with Crippen LogP contribution in [0.2, 0.25) is 0 Å². The van der Waals surface area contributed by atoms with Crippen LogP contribution < -0.4 is 10.1 Å². The van der Waals surface area contributed by atoms with Crippen LogP contribution >= 0.6 is 15.9 Å². The molecule has 0 bridgehead atoms. The molecule has 0 aliphatic heterocycles. The molecule has 19 heavy (non-hydrogen) atoms. The van der Waals surface area contributed by atoms with Crippen molar-refractivity contribution in [3.63, 3.8) is 0 Å². The van der Waals surface area contributed by atoms with Crippen LogP contribution in [0.4, 0.5) is 0 Å². The van der Waals surface area contributed by atoms with Crippen molar-refractivity contribution in [3.8, 4) is 5.75 Å². The third kappa shape index (κ3) is 4.37. The molecule has 0 aliphatic rings. The zero-order chi connectivity index (χ0) is 13.5. The van der Waals surface area contributed by atoms with Crippen molar-refractivity contribution in [1.29, 1.82) is 0 Å². The van der Waals surface area contributed by atoms with Crippen LogP contribution in [-0.4, -0.2) is 13.2 Å². The van der Waals surface area contributed by atoms with Gasteiger partial charge < -0.3 is 10.1 Å². The predicted molar refractivity (Wildman–Crippen MR) is 82.5 cm³/mol. The van der Waals surface area contributed by atoms with Gasteiger partial charge in [0.25, 0.3) is 0 Å². The predicted octanol–water partition coefficient (Wildman–Crippen LogP) is 4.18. The number of nitrogens with one attached hydrogen (secondary N) is 1. The standard InChI is InChI=1S/C16H18BrNO/c1-13(15-9-5-6-10-16(15)17)18-11-12-19-14-7-3-2-4-8-14/h2-10,13,18H,11-12H2,1H3. The Morgan fingerprint density at radius 1 is 1.05 bits per heavy atom. The van der Waals surface area contributed by atoms with Gasteiger partial charge in [-0.15, -0.1) is 0 Å². The maximum atomic E-state index is 5.65. The lowest BCUT2D eigenvalue weighted by atomic mass is 10.1. The van der Waals surface area contributed by atoms with Crippen LogP contribution in [0.5, 0.6) is 5.75 Å². The number of hydrogen-bond donors (Lipinski definition) is 1. The van der Waals surface area contributed by atoms with Crippen LogP contribution in [-0.2, 0) is 0 Å². The minimum Gasteiger partial charge on any atom is -0.492 e. The van der Waals surface area contributed by atoms with E-state index in [2.05, 4.69) is 46.4 Å². The highest BCUT2D eigenvalue weighted by Gasteiger charge is 2.07. The van der Waals surface area contributed by atoms with E-state index in [1.54, 1.807) is 0 Å². The van der Waals surface area contributed by atoms with Crippen molar-refractivity contribution in [2.45, 2.75) is 13.0 Å². The molecule has 100 valence electrons. The Bertz CT molecular complexity index is 501. The molecule has 0 fully saturated rings. The number of para-hydroxylation sites is 1. The SMILES string of the molecule is CC(NCCOc1ccccc1)c1ccccc1Br. The van der Waals surface area contributed by atoms with Crippen molar-refractivity contribution in [2.24, 2.45) is 0 Å². The quantitative estimate of drug-likeness (QED) is 0.806. The summed E-state index contributed by atoms with van der Waals surface area (Å²) in [6.07, 6.45) is 0. The summed E-state index contributed by atoms with van der Waals surface area (Å²) in [4.78, 5) is 0. The highest BCUT2D eigenvalue weighted by molar-refractivity contribution is 9.10. The minimum atomic E-state index is 0.301. The molecule has 2 aromatic carbocycles. The summed E-state index contributed by atoms with van der Waals surface area (Å²) in [5, 5.41) is 3.45. The molecule has 0 saturated heterocycles. The lowest BCUT2D eigenvalue weighted by Gasteiger charge is -2.16. The van der Waals surface area contributed by atoms with Crippen molar-refractivity contribution in [2.75, 3.05) is 13.2 Å². The Labute approximate surface area is 122 Å². The van der Waals surface area contributed by atoms with Crippen LogP contribution in [0.3, 0.4) is 0 Å². The highest BCUT2D eigenvalue weighted by Crippen LogP contribution is 2.22. The maximum absolute atomic E-state index is 5.65. The smallest absolute Gasteiger partial charge is 0.119 e. The van der Waals surface area contributed by atoms with Crippen LogP contribution in [0.25, 0.3) is 0 Å². The van der Waals surface area contributed by atoms with Gasteiger partial charge in [-0.05, 0) is 30.7 Å². The Hall–Kier alpha value is -1.32. The van der Waals surface area contributed by atoms with E-state index >= 15 is 0 Å². The number of halogens is 1. The van der Waals surface area contributed by atoms with E-state index in [0.717, 1.165) is 16.8 Å². The third-order valence-electron chi connectivity index (χ3n) is 2.94. The first kappa shape index (κ1) is 14.1. The highest BCUT2D eigenvalue weighted by atomic mass is 79.9. The van der Waals surface area contributed by atoms with E-state index in [1.807, 2.05) is 36.4 Å². The molecular weight excluding hydrogens is 302 g/mol. The second kappa shape index (κ2) is 7.31. The monoisotopic (exact) mass is 319 g/mol. The first-order chi connectivity index (χ1) is 9.27. The zero-order valence-electron chi connectivity index (χ0n) is 11.0. The molecule has 0 saturated carbocycles. The van der Waals surface area contributed by atoms with Gasteiger partial charge in [0.1, 0.15) is 12.4 Å². The van der Waals surface area contributed by atoms with Gasteiger partial charge in [0.05, 0.1) is 0 Å². The minimum absolute atomic E-state index is 0.301. The molecule has 0 radical (unpaired) electrons. The van der Waals surface area contributed by atoms with Gasteiger partial charge in [0.2, 0.25) is 0 Å². The average molecular weight is 320 g/mol. The van der Waals surface area contributed by atoms with Gasteiger partial charge in [-0.1, -0.05) is 52.3 Å². The summed E-state index contributed by atoms with van der Waals surface area (Å²) >= 11 is 3.57. The van der Waals surface area contributed by atoms with Crippen molar-refractivity contribution >= 4 is 15.9 Å². The molecule has 1 atom stereocenters. The number of hydrogen-bond acceptors (Lipinski definition) is 2. The van der Waals surface area contributed by atoms with Gasteiger partial charge in [-0.25, -0.2) is 0 Å². The molecule has 1 N–H and O–H groups in total. The molecule has 3 heteroatoms. The summed E-state index contributed by atoms with van der Waals surface area (Å²) in [6, 6.07) is 18.5. The van der Waals surface area contributed by atoms with Gasteiger partial charge in [0.15, 0.2) is 0 Å². The number of benzene rings is 2. The summed E-state index contributed by atoms with van der Waals surface area (Å²) < 4.78 is 6.79. The van der Waals surface area contributed by atoms with Crippen LogP contribution in [0.15, 0.2) is 59.1 Å². The molecule has 0 aliphatic carbocycles. The van der Waals surface area contributed by atoms with E-state index < -0.39 is 0 Å². The summed E-state index contributed by atoms with van der Waals surface area (Å²) in [7, 11) is 0. The first-order valence-corrected chi connectivity index (χ1v) is 7.22. The largest absolute Gasteiger partial charge is 0.492 e. The summed E-state index contributed by atoms with van der Waals surface area (Å²) in [5.41, 5.74) is 1.27. The fourth-order valence-corrected chi connectivity index (χ4v) is 2.53. The molecule has 2 aromatic rings. The van der Waals surface area contributed by atoms with E-state index in [9.17, 15) is 0 Å². The molecular formula is C16H18BrNO. The molecule has 0 amide bonds. The second-order valence-electron chi connectivity index (χ2n) is 4.36. The summed E-state index contributed by atoms with van der Waals surface area (Å²) in [5.74, 6) is 0.915. The van der Waals surface area contributed by atoms with Crippen LogP contribution in [0, 0.1) is 0 Å². The van der Waals surface area contributed by atoms with E-state index in [-0.39, 0.29) is 0 Å². The third-order valence-corrected chi connectivity index (χ3v) is 3.66. The normalized spacial score (nSPS) is 12.1. The van der Waals surface area contributed by atoms with E-state index in [1.165, 1.54) is 5.56 Å². The van der Waals surface area contributed by atoms with Crippen molar-refractivity contribution in [1.82, 2.24) is 5.32 Å². The Morgan fingerprint density at radius 3 is 2.47 bits per heavy atom. The van der Waals surface area contributed by atoms with Gasteiger partial charge in [-0.3, -0.25) is 0 Å². The van der Waals surface area contributed by atoms with Gasteiger partial charge >= 0.3 is 0 Å². The summed E-state index contributed by atoms with van der Waals surface area (Å²) in [6.45, 7) is 3.64. The van der Waals surface area contributed by atoms with Crippen molar-refractivity contribution < 1.29 is 4.74 Å². The van der Waals surface area contributed by atoms with Gasteiger partial charge in [0, 0.05) is 17.1 Å². The van der Waals surface area contributed by atoms with Crippen molar-refractivity contribution in [3.05, 3.63) is 64.6 Å². The second-order valence-corrected chi connectivity index (χ2v) is 5.21. The fraction of sp³-hybridized carbons (Fsp3) is 0.250. The topological polar surface area (TPSA) is 21.3 Å². The lowest BCUT2D eigenvalue weighted by molar-refractivity contribution is 0.307. The van der Waals surface area contributed by atoms with Crippen LogP contribution in [0.1, 0.15) is 18.5 Å². The Balaban J connectivity index is 1.76. The van der Waals surface area contributed by atoms with E-state index in [0.29, 0.717) is 12.6 Å². The molecule has 0 aromatic heterocycles. The lowest BCUT2D eigenvalue weighted by Crippen LogP contribution is -2.24. The zero-order valence-corrected chi connectivity index (χ0v) is 12.6. The Kier molecular flexibility index (Phi) is 5.43. The number of ether oxygens (including phenoxy) is 1. The Morgan fingerprint density at radius 2 is 1.74 bits per heavy atom. The van der Waals surface area contributed by atoms with Gasteiger partial charge in [-0.2, -0.15) is 0 Å².